The molecule has 1 heterocycles. The van der Waals surface area contributed by atoms with E-state index in [0.717, 1.165) is 26.3 Å². The average Bonchev–Trinajstić information content (AvgIpc) is 3.27. The highest BCUT2D eigenvalue weighted by Crippen LogP contribution is 2.29. The van der Waals surface area contributed by atoms with Gasteiger partial charge in [-0.25, -0.2) is 19.6 Å². The van der Waals surface area contributed by atoms with E-state index in [2.05, 4.69) is 26.0 Å². The van der Waals surface area contributed by atoms with Crippen molar-refractivity contribution in [3.8, 4) is 11.3 Å². The number of hydrogen-bond acceptors (Lipinski definition) is 6. The van der Waals surface area contributed by atoms with Gasteiger partial charge in [-0.1, -0.05) is 58.4 Å². The molecule has 1 unspecified atom stereocenters. The van der Waals surface area contributed by atoms with Crippen LogP contribution in [0.15, 0.2) is 64.5 Å². The molecule has 4 N–H and O–H groups in total. The third kappa shape index (κ3) is 8.86. The molecule has 0 fully saturated rings. The Kier molecular flexibility index (Phi) is 9.39. The smallest absolute Gasteiger partial charge is 0.408 e. The summed E-state index contributed by atoms with van der Waals surface area (Å²) in [5, 5.41) is 10.6. The van der Waals surface area contributed by atoms with Crippen LogP contribution in [0.5, 0.6) is 0 Å². The molecule has 0 aliphatic carbocycles. The number of carbonyl (C=O) groups excluding carboxylic acids is 1. The van der Waals surface area contributed by atoms with Gasteiger partial charge in [0.25, 0.3) is 10.2 Å². The van der Waals surface area contributed by atoms with Crippen LogP contribution in [-0.2, 0) is 21.6 Å². The van der Waals surface area contributed by atoms with Gasteiger partial charge in [-0.2, -0.15) is 8.42 Å². The van der Waals surface area contributed by atoms with Crippen molar-refractivity contribution in [2.24, 2.45) is 5.14 Å². The van der Waals surface area contributed by atoms with Crippen molar-refractivity contribution < 1.29 is 17.9 Å². The quantitative estimate of drug-likeness (QED) is 0.302. The summed E-state index contributed by atoms with van der Waals surface area (Å²) in [5.74, 6) is 0. The number of rotatable bonds is 11. The summed E-state index contributed by atoms with van der Waals surface area (Å²) in [6.45, 7) is 0.393. The van der Waals surface area contributed by atoms with E-state index in [1.165, 1.54) is 11.3 Å². The number of thiazole rings is 1. The third-order valence-electron chi connectivity index (χ3n) is 4.67. The number of unbranched alkanes of at least 4 members (excludes halogenated alkanes) is 1. The van der Waals surface area contributed by atoms with E-state index in [4.69, 9.17) is 14.9 Å². The molecular formula is C22H25BrN4O4S2. The highest BCUT2D eigenvalue weighted by molar-refractivity contribution is 9.10. The molecule has 1 atom stereocenters. The van der Waals surface area contributed by atoms with Crippen LogP contribution in [0.4, 0.5) is 4.79 Å². The number of nitrogens with one attached hydrogen (secondary N) is 2. The fraction of sp³-hybridized carbons (Fsp3) is 0.273. The van der Waals surface area contributed by atoms with Crippen LogP contribution in [0, 0.1) is 0 Å². The van der Waals surface area contributed by atoms with E-state index in [9.17, 15) is 13.2 Å². The standard InChI is InChI=1S/C22H25BrN4O4S2/c23-18-10-6-9-17(13-18)20-15-32-21(26-20)19(11-4-5-12-25-33(24,29)30)27-22(28)31-14-16-7-2-1-3-8-16/h1-3,6-10,13,15,19,25H,4-5,11-12,14H2,(H,27,28)(H2,24,29,30). The molecule has 0 aliphatic rings. The first-order valence-corrected chi connectivity index (χ1v) is 13.5. The van der Waals surface area contributed by atoms with Gasteiger partial charge in [0, 0.05) is 22.0 Å². The van der Waals surface area contributed by atoms with Crippen molar-refractivity contribution in [1.29, 1.82) is 0 Å². The first-order valence-electron chi connectivity index (χ1n) is 10.3. The van der Waals surface area contributed by atoms with E-state index in [1.807, 2.05) is 60.0 Å². The average molecular weight is 554 g/mol. The lowest BCUT2D eigenvalue weighted by Crippen LogP contribution is -2.32. The fourth-order valence-electron chi connectivity index (χ4n) is 3.08. The fourth-order valence-corrected chi connectivity index (χ4v) is 4.82. The first kappa shape index (κ1) is 25.3. The Bertz CT molecular complexity index is 1160. The lowest BCUT2D eigenvalue weighted by Gasteiger charge is -2.16. The maximum absolute atomic E-state index is 12.5. The SMILES string of the molecule is NS(=O)(=O)NCCCCC(NC(=O)OCc1ccccc1)c1nc(-c2cccc(Br)c2)cs1. The maximum atomic E-state index is 12.5. The molecule has 1 aromatic heterocycles. The van der Waals surface area contributed by atoms with Crippen molar-refractivity contribution in [3.05, 3.63) is 75.0 Å². The van der Waals surface area contributed by atoms with Crippen molar-refractivity contribution in [2.45, 2.75) is 31.9 Å². The van der Waals surface area contributed by atoms with Crippen LogP contribution in [0.1, 0.15) is 35.9 Å². The summed E-state index contributed by atoms with van der Waals surface area (Å²) in [6, 6.07) is 16.9. The van der Waals surface area contributed by atoms with E-state index < -0.39 is 16.3 Å². The molecule has 0 bridgehead atoms. The molecular weight excluding hydrogens is 528 g/mol. The second-order valence-electron chi connectivity index (χ2n) is 7.28. The maximum Gasteiger partial charge on any atom is 0.408 e. The molecule has 8 nitrogen and oxygen atoms in total. The van der Waals surface area contributed by atoms with Crippen LogP contribution in [0.2, 0.25) is 0 Å². The Morgan fingerprint density at radius 2 is 1.94 bits per heavy atom. The Morgan fingerprint density at radius 1 is 1.15 bits per heavy atom. The van der Waals surface area contributed by atoms with Gasteiger partial charge in [0.05, 0.1) is 11.7 Å². The lowest BCUT2D eigenvalue weighted by atomic mass is 10.1. The van der Waals surface area contributed by atoms with E-state index >= 15 is 0 Å². The van der Waals surface area contributed by atoms with E-state index in [-0.39, 0.29) is 19.2 Å². The number of ether oxygens (including phenoxy) is 1. The van der Waals surface area contributed by atoms with Crippen molar-refractivity contribution in [2.75, 3.05) is 6.54 Å². The molecule has 176 valence electrons. The highest BCUT2D eigenvalue weighted by atomic mass is 79.9. The number of halogens is 1. The van der Waals surface area contributed by atoms with E-state index in [1.54, 1.807) is 0 Å². The predicted octanol–water partition coefficient (Wildman–Crippen LogP) is 4.50. The van der Waals surface area contributed by atoms with Crippen LogP contribution in [0.3, 0.4) is 0 Å². The molecule has 0 radical (unpaired) electrons. The van der Waals surface area contributed by atoms with Crippen molar-refractivity contribution >= 4 is 43.6 Å². The van der Waals surface area contributed by atoms with Gasteiger partial charge in [-0.15, -0.1) is 11.3 Å². The number of alkyl carbamates (subject to hydrolysis) is 1. The Hall–Kier alpha value is -2.31. The minimum Gasteiger partial charge on any atom is -0.445 e. The predicted molar refractivity (Wildman–Crippen MR) is 133 cm³/mol. The Balaban J connectivity index is 1.65. The van der Waals surface area contributed by atoms with Gasteiger partial charge in [-0.3, -0.25) is 0 Å². The van der Waals surface area contributed by atoms with Gasteiger partial charge in [-0.05, 0) is 37.0 Å². The Morgan fingerprint density at radius 3 is 2.67 bits per heavy atom. The van der Waals surface area contributed by atoms with Crippen LogP contribution < -0.4 is 15.2 Å². The van der Waals surface area contributed by atoms with Gasteiger partial charge in [0.15, 0.2) is 0 Å². The normalized spacial score (nSPS) is 12.3. The van der Waals surface area contributed by atoms with Crippen molar-refractivity contribution in [1.82, 2.24) is 15.0 Å². The summed E-state index contributed by atoms with van der Waals surface area (Å²) in [4.78, 5) is 17.2. The molecule has 0 saturated carbocycles. The first-order chi connectivity index (χ1) is 15.8. The zero-order valence-electron chi connectivity index (χ0n) is 17.7. The second-order valence-corrected chi connectivity index (χ2v) is 10.5. The molecule has 0 aliphatic heterocycles. The largest absolute Gasteiger partial charge is 0.445 e. The number of carbonyl (C=O) groups is 1. The second kappa shape index (κ2) is 12.2. The molecule has 3 rings (SSSR count). The number of hydrogen-bond donors (Lipinski definition) is 3. The topological polar surface area (TPSA) is 123 Å². The highest BCUT2D eigenvalue weighted by Gasteiger charge is 2.19. The monoisotopic (exact) mass is 552 g/mol. The zero-order valence-corrected chi connectivity index (χ0v) is 21.0. The molecule has 0 spiro atoms. The zero-order chi connectivity index (χ0) is 23.7. The summed E-state index contributed by atoms with van der Waals surface area (Å²) in [6.07, 6.45) is 1.25. The van der Waals surface area contributed by atoms with Gasteiger partial charge < -0.3 is 10.1 Å². The number of amides is 1. The van der Waals surface area contributed by atoms with Crippen LogP contribution in [-0.4, -0.2) is 26.0 Å². The van der Waals surface area contributed by atoms with Crippen LogP contribution >= 0.6 is 27.3 Å². The van der Waals surface area contributed by atoms with Crippen molar-refractivity contribution in [3.63, 3.8) is 0 Å². The number of benzene rings is 2. The molecule has 33 heavy (non-hydrogen) atoms. The molecule has 3 aromatic rings. The minimum atomic E-state index is -3.71. The van der Waals surface area contributed by atoms with E-state index in [0.29, 0.717) is 19.3 Å². The summed E-state index contributed by atoms with van der Waals surface area (Å²) in [5.41, 5.74) is 2.68. The summed E-state index contributed by atoms with van der Waals surface area (Å²) in [7, 11) is -3.71. The number of nitrogens with two attached hydrogens (primary N) is 1. The molecule has 1 amide bonds. The Labute approximate surface area is 205 Å². The molecule has 11 heteroatoms. The van der Waals surface area contributed by atoms with Gasteiger partial charge >= 0.3 is 6.09 Å². The van der Waals surface area contributed by atoms with Crippen LogP contribution in [0.25, 0.3) is 11.3 Å². The minimum absolute atomic E-state index is 0.166. The van der Waals surface area contributed by atoms with Gasteiger partial charge in [0.2, 0.25) is 0 Å². The molecule has 0 saturated heterocycles. The third-order valence-corrected chi connectivity index (χ3v) is 6.73. The molecule has 2 aromatic carbocycles. The summed E-state index contributed by atoms with van der Waals surface area (Å²) >= 11 is 4.93. The van der Waals surface area contributed by atoms with Gasteiger partial charge in [0.1, 0.15) is 11.6 Å². The number of nitrogens with zero attached hydrogens (tertiary/aromatic N) is 1. The summed E-state index contributed by atoms with van der Waals surface area (Å²) < 4.78 is 30.6. The lowest BCUT2D eigenvalue weighted by molar-refractivity contribution is 0.135. The number of aromatic nitrogens is 1.